The lowest BCUT2D eigenvalue weighted by atomic mass is 10.1. The predicted molar refractivity (Wildman–Crippen MR) is 94.4 cm³/mol. The average Bonchev–Trinajstić information content (AvgIpc) is 2.93. The predicted octanol–water partition coefficient (Wildman–Crippen LogP) is 3.03. The Hall–Kier alpha value is -3.15. The molecule has 1 amide bonds. The highest BCUT2D eigenvalue weighted by molar-refractivity contribution is 6.05. The van der Waals surface area contributed by atoms with Gasteiger partial charge in [0.2, 0.25) is 0 Å². The van der Waals surface area contributed by atoms with Crippen LogP contribution in [0.5, 0.6) is 0 Å². The minimum absolute atomic E-state index is 0.108. The molecule has 0 unspecified atom stereocenters. The average molecular weight is 321 g/mol. The fraction of sp³-hybridized carbons (Fsp3) is 0.167. The minimum Gasteiger partial charge on any atom is -0.382 e. The van der Waals surface area contributed by atoms with Crippen LogP contribution in [0.4, 0.5) is 11.5 Å². The van der Waals surface area contributed by atoms with E-state index in [4.69, 9.17) is 5.73 Å². The van der Waals surface area contributed by atoms with Crippen LogP contribution in [0.1, 0.15) is 27.2 Å². The fourth-order valence-electron chi connectivity index (χ4n) is 2.44. The molecule has 0 aliphatic rings. The third-order valence-corrected chi connectivity index (χ3v) is 4.03. The lowest BCUT2D eigenvalue weighted by Crippen LogP contribution is -2.15. The summed E-state index contributed by atoms with van der Waals surface area (Å²) in [7, 11) is 0. The van der Waals surface area contributed by atoms with Gasteiger partial charge in [-0.15, -0.1) is 5.10 Å². The van der Waals surface area contributed by atoms with Gasteiger partial charge in [-0.25, -0.2) is 0 Å². The van der Waals surface area contributed by atoms with Gasteiger partial charge in [-0.05, 0) is 55.7 Å². The van der Waals surface area contributed by atoms with Crippen molar-refractivity contribution < 1.29 is 4.79 Å². The van der Waals surface area contributed by atoms with Crippen molar-refractivity contribution >= 4 is 17.4 Å². The summed E-state index contributed by atoms with van der Waals surface area (Å²) in [6.45, 7) is 5.96. The molecule has 0 saturated heterocycles. The number of hydrogen-bond acceptors (Lipinski definition) is 4. The molecule has 3 N–H and O–H groups in total. The summed E-state index contributed by atoms with van der Waals surface area (Å²) < 4.78 is 1.48. The molecule has 0 radical (unpaired) electrons. The molecule has 0 bridgehead atoms. The van der Waals surface area contributed by atoms with Crippen molar-refractivity contribution in [3.05, 3.63) is 64.8 Å². The van der Waals surface area contributed by atoms with E-state index in [0.29, 0.717) is 5.69 Å². The third-order valence-electron chi connectivity index (χ3n) is 4.03. The standard InChI is InChI=1S/C18H19N5O/c1-11-8-9-14(10-13(11)3)20-18(24)16-17(19)23(22-21-16)15-7-5-4-6-12(15)2/h4-10H,19H2,1-3H3,(H,20,24). The van der Waals surface area contributed by atoms with Gasteiger partial charge in [0.25, 0.3) is 5.91 Å². The number of para-hydroxylation sites is 1. The topological polar surface area (TPSA) is 85.8 Å². The second-order valence-corrected chi connectivity index (χ2v) is 5.77. The molecule has 0 fully saturated rings. The first-order valence-electron chi connectivity index (χ1n) is 7.63. The number of aryl methyl sites for hydroxylation is 3. The SMILES string of the molecule is Cc1ccc(NC(=O)c2nnn(-c3ccccc3C)c2N)cc1C. The van der Waals surface area contributed by atoms with Gasteiger partial charge in [-0.3, -0.25) is 4.79 Å². The smallest absolute Gasteiger partial charge is 0.280 e. The highest BCUT2D eigenvalue weighted by atomic mass is 16.2. The van der Waals surface area contributed by atoms with Gasteiger partial charge in [0.1, 0.15) is 0 Å². The second kappa shape index (κ2) is 6.16. The number of nitrogens with zero attached hydrogens (tertiary/aromatic N) is 3. The van der Waals surface area contributed by atoms with Gasteiger partial charge in [-0.2, -0.15) is 4.68 Å². The number of benzene rings is 2. The summed E-state index contributed by atoms with van der Waals surface area (Å²) in [5, 5.41) is 10.8. The number of hydrogen-bond donors (Lipinski definition) is 2. The number of carbonyl (C=O) groups excluding carboxylic acids is 1. The fourth-order valence-corrected chi connectivity index (χ4v) is 2.44. The molecular formula is C18H19N5O. The lowest BCUT2D eigenvalue weighted by molar-refractivity contribution is 0.102. The summed E-state index contributed by atoms with van der Waals surface area (Å²) in [5.41, 5.74) is 11.0. The van der Waals surface area contributed by atoms with E-state index >= 15 is 0 Å². The summed E-state index contributed by atoms with van der Waals surface area (Å²) in [5.74, 6) is -0.166. The Labute approximate surface area is 140 Å². The van der Waals surface area contributed by atoms with E-state index < -0.39 is 0 Å². The van der Waals surface area contributed by atoms with Crippen LogP contribution in [-0.2, 0) is 0 Å². The zero-order valence-electron chi connectivity index (χ0n) is 13.9. The maximum Gasteiger partial charge on any atom is 0.280 e. The quantitative estimate of drug-likeness (QED) is 0.776. The summed E-state index contributed by atoms with van der Waals surface area (Å²) in [4.78, 5) is 12.5. The molecule has 6 heteroatoms. The van der Waals surface area contributed by atoms with Gasteiger partial charge in [0, 0.05) is 5.69 Å². The number of nitrogens with two attached hydrogens (primary N) is 1. The Morgan fingerprint density at radius 1 is 1.04 bits per heavy atom. The first-order valence-corrected chi connectivity index (χ1v) is 7.63. The van der Waals surface area contributed by atoms with Crippen LogP contribution >= 0.6 is 0 Å². The number of anilines is 2. The summed E-state index contributed by atoms with van der Waals surface area (Å²) in [6.07, 6.45) is 0. The van der Waals surface area contributed by atoms with Crippen LogP contribution in [0.2, 0.25) is 0 Å². The number of amides is 1. The van der Waals surface area contributed by atoms with Crippen molar-refractivity contribution in [3.8, 4) is 5.69 Å². The molecule has 0 atom stereocenters. The maximum absolute atomic E-state index is 12.5. The summed E-state index contributed by atoms with van der Waals surface area (Å²) >= 11 is 0. The van der Waals surface area contributed by atoms with Crippen LogP contribution in [0, 0.1) is 20.8 Å². The highest BCUT2D eigenvalue weighted by Gasteiger charge is 2.19. The van der Waals surface area contributed by atoms with E-state index in [9.17, 15) is 4.79 Å². The van der Waals surface area contributed by atoms with Crippen LogP contribution in [0.3, 0.4) is 0 Å². The van der Waals surface area contributed by atoms with Gasteiger partial charge < -0.3 is 11.1 Å². The molecule has 1 aromatic heterocycles. The van der Waals surface area contributed by atoms with E-state index in [1.54, 1.807) is 0 Å². The molecule has 122 valence electrons. The first kappa shape index (κ1) is 15.7. The van der Waals surface area contributed by atoms with Crippen molar-refractivity contribution in [3.63, 3.8) is 0 Å². The molecule has 24 heavy (non-hydrogen) atoms. The van der Waals surface area contributed by atoms with E-state index in [-0.39, 0.29) is 17.4 Å². The minimum atomic E-state index is -0.379. The number of nitrogens with one attached hydrogen (secondary N) is 1. The van der Waals surface area contributed by atoms with Crippen LogP contribution in [-0.4, -0.2) is 20.9 Å². The lowest BCUT2D eigenvalue weighted by Gasteiger charge is -2.08. The zero-order chi connectivity index (χ0) is 17.3. The number of nitrogen functional groups attached to an aromatic ring is 1. The third kappa shape index (κ3) is 2.86. The highest BCUT2D eigenvalue weighted by Crippen LogP contribution is 2.20. The zero-order valence-corrected chi connectivity index (χ0v) is 13.9. The van der Waals surface area contributed by atoms with E-state index in [0.717, 1.165) is 22.4 Å². The number of aromatic nitrogens is 3. The molecule has 3 rings (SSSR count). The number of rotatable bonds is 3. The largest absolute Gasteiger partial charge is 0.382 e. The van der Waals surface area contributed by atoms with Gasteiger partial charge in [0.15, 0.2) is 11.5 Å². The van der Waals surface area contributed by atoms with Crippen LogP contribution < -0.4 is 11.1 Å². The molecular weight excluding hydrogens is 302 g/mol. The Morgan fingerprint density at radius 3 is 2.50 bits per heavy atom. The van der Waals surface area contributed by atoms with E-state index in [2.05, 4.69) is 15.6 Å². The van der Waals surface area contributed by atoms with Gasteiger partial charge in [0.05, 0.1) is 5.69 Å². The monoisotopic (exact) mass is 321 g/mol. The first-order chi connectivity index (χ1) is 11.5. The van der Waals surface area contributed by atoms with Crippen molar-refractivity contribution in [1.29, 1.82) is 0 Å². The Kier molecular flexibility index (Phi) is 4.04. The van der Waals surface area contributed by atoms with Crippen molar-refractivity contribution in [2.75, 3.05) is 11.1 Å². The molecule has 2 aromatic carbocycles. The molecule has 1 heterocycles. The van der Waals surface area contributed by atoms with Crippen molar-refractivity contribution in [1.82, 2.24) is 15.0 Å². The van der Waals surface area contributed by atoms with Gasteiger partial charge in [-0.1, -0.05) is 29.5 Å². The molecule has 0 spiro atoms. The van der Waals surface area contributed by atoms with Crippen molar-refractivity contribution in [2.24, 2.45) is 0 Å². The van der Waals surface area contributed by atoms with Crippen LogP contribution in [0.15, 0.2) is 42.5 Å². The second-order valence-electron chi connectivity index (χ2n) is 5.77. The van der Waals surface area contributed by atoms with E-state index in [1.165, 1.54) is 4.68 Å². The normalized spacial score (nSPS) is 10.6. The van der Waals surface area contributed by atoms with Crippen molar-refractivity contribution in [2.45, 2.75) is 20.8 Å². The Balaban J connectivity index is 1.89. The van der Waals surface area contributed by atoms with Crippen LogP contribution in [0.25, 0.3) is 5.69 Å². The number of carbonyl (C=O) groups is 1. The molecule has 0 aliphatic heterocycles. The molecule has 0 aliphatic carbocycles. The van der Waals surface area contributed by atoms with E-state index in [1.807, 2.05) is 63.2 Å². The van der Waals surface area contributed by atoms with Gasteiger partial charge >= 0.3 is 0 Å². The molecule has 3 aromatic rings. The Bertz CT molecular complexity index is 914. The molecule has 0 saturated carbocycles. The summed E-state index contributed by atoms with van der Waals surface area (Å²) in [6, 6.07) is 13.4. The molecule has 6 nitrogen and oxygen atoms in total. The Morgan fingerprint density at radius 2 is 1.79 bits per heavy atom. The maximum atomic E-state index is 12.5.